The lowest BCUT2D eigenvalue weighted by atomic mass is 10.0. The second kappa shape index (κ2) is 5.31. The van der Waals surface area contributed by atoms with Crippen LogP contribution in [-0.2, 0) is 11.2 Å². The van der Waals surface area contributed by atoms with Crippen molar-refractivity contribution in [1.29, 1.82) is 0 Å². The van der Waals surface area contributed by atoms with Gasteiger partial charge in [0, 0.05) is 6.42 Å². The molecule has 1 atom stereocenters. The monoisotopic (exact) mass is 238 g/mol. The van der Waals surface area contributed by atoms with E-state index in [1.54, 1.807) is 6.26 Å². The van der Waals surface area contributed by atoms with Crippen LogP contribution >= 0.6 is 0 Å². The molecule has 2 heterocycles. The molecule has 1 N–H and O–H groups in total. The summed E-state index contributed by atoms with van der Waals surface area (Å²) in [6.07, 6.45) is 5.61. The second-order valence-corrected chi connectivity index (χ2v) is 4.56. The molecule has 1 saturated heterocycles. The minimum atomic E-state index is -0.802. The molecule has 0 aliphatic carbocycles. The maximum atomic E-state index is 10.5. The van der Waals surface area contributed by atoms with E-state index in [2.05, 4.69) is 16.9 Å². The Bertz CT molecular complexity index is 389. The molecular weight excluding hydrogens is 220 g/mol. The molecule has 17 heavy (non-hydrogen) atoms. The number of rotatable bonds is 4. The normalized spacial score (nSPS) is 21.6. The van der Waals surface area contributed by atoms with Gasteiger partial charge in [-0.05, 0) is 26.4 Å². The van der Waals surface area contributed by atoms with Crippen LogP contribution in [0, 0.1) is 0 Å². The molecule has 2 rings (SSSR count). The minimum Gasteiger partial charge on any atom is -0.481 e. The number of hydrogen-bond acceptors (Lipinski definition) is 4. The van der Waals surface area contributed by atoms with E-state index in [1.807, 2.05) is 0 Å². The zero-order valence-electron chi connectivity index (χ0n) is 10.1. The largest absolute Gasteiger partial charge is 0.481 e. The molecule has 1 aromatic heterocycles. The summed E-state index contributed by atoms with van der Waals surface area (Å²) < 4.78 is 5.46. The molecule has 0 radical (unpaired) electrons. The summed E-state index contributed by atoms with van der Waals surface area (Å²) in [6.45, 7) is 1.07. The molecule has 5 nitrogen and oxygen atoms in total. The Kier molecular flexibility index (Phi) is 3.78. The number of piperidine rings is 1. The topological polar surface area (TPSA) is 66.6 Å². The average Bonchev–Trinajstić information content (AvgIpc) is 2.75. The van der Waals surface area contributed by atoms with Gasteiger partial charge in [0.15, 0.2) is 0 Å². The number of carbonyl (C=O) groups is 1. The van der Waals surface area contributed by atoms with E-state index >= 15 is 0 Å². The van der Waals surface area contributed by atoms with Crippen LogP contribution < -0.4 is 0 Å². The van der Waals surface area contributed by atoms with Gasteiger partial charge < -0.3 is 9.52 Å². The van der Waals surface area contributed by atoms with E-state index in [0.717, 1.165) is 24.6 Å². The number of nitrogens with zero attached hydrogens (tertiary/aromatic N) is 2. The highest BCUT2D eigenvalue weighted by Gasteiger charge is 2.24. The van der Waals surface area contributed by atoms with Gasteiger partial charge in [-0.1, -0.05) is 6.42 Å². The second-order valence-electron chi connectivity index (χ2n) is 4.56. The number of oxazole rings is 1. The van der Waals surface area contributed by atoms with Gasteiger partial charge in [-0.25, -0.2) is 4.98 Å². The number of likely N-dealkylation sites (tertiary alicyclic amines) is 1. The van der Waals surface area contributed by atoms with E-state index < -0.39 is 5.97 Å². The molecular formula is C12H18N2O3. The van der Waals surface area contributed by atoms with Crippen molar-refractivity contribution in [2.75, 3.05) is 13.6 Å². The van der Waals surface area contributed by atoms with Crippen LogP contribution in [0.3, 0.4) is 0 Å². The van der Waals surface area contributed by atoms with Gasteiger partial charge in [-0.15, -0.1) is 0 Å². The summed E-state index contributed by atoms with van der Waals surface area (Å²) in [6, 6.07) is 0.252. The maximum Gasteiger partial charge on any atom is 0.303 e. The summed E-state index contributed by atoms with van der Waals surface area (Å²) in [5.74, 6) is -0.0723. The van der Waals surface area contributed by atoms with Gasteiger partial charge in [-0.2, -0.15) is 0 Å². The van der Waals surface area contributed by atoms with Gasteiger partial charge in [0.1, 0.15) is 6.26 Å². The Morgan fingerprint density at radius 3 is 3.18 bits per heavy atom. The maximum absolute atomic E-state index is 10.5. The van der Waals surface area contributed by atoms with Gasteiger partial charge in [0.25, 0.3) is 0 Å². The van der Waals surface area contributed by atoms with Crippen molar-refractivity contribution < 1.29 is 14.3 Å². The van der Waals surface area contributed by atoms with Gasteiger partial charge >= 0.3 is 5.97 Å². The van der Waals surface area contributed by atoms with E-state index in [1.165, 1.54) is 12.8 Å². The van der Waals surface area contributed by atoms with E-state index in [4.69, 9.17) is 9.52 Å². The van der Waals surface area contributed by atoms with Crippen LogP contribution in [0.25, 0.3) is 0 Å². The molecule has 5 heteroatoms. The van der Waals surface area contributed by atoms with Crippen LogP contribution in [0.1, 0.15) is 43.3 Å². The first kappa shape index (κ1) is 12.1. The Balaban J connectivity index is 1.99. The summed E-state index contributed by atoms with van der Waals surface area (Å²) in [7, 11) is 2.07. The van der Waals surface area contributed by atoms with Gasteiger partial charge in [0.2, 0.25) is 5.89 Å². The highest BCUT2D eigenvalue weighted by Crippen LogP contribution is 2.28. The number of carboxylic acids is 1. The third kappa shape index (κ3) is 3.06. The molecule has 0 amide bonds. The number of aliphatic carboxylic acids is 1. The Morgan fingerprint density at radius 2 is 2.47 bits per heavy atom. The first-order valence-corrected chi connectivity index (χ1v) is 6.03. The van der Waals surface area contributed by atoms with Gasteiger partial charge in [-0.3, -0.25) is 9.69 Å². The number of hydrogen-bond donors (Lipinski definition) is 1. The van der Waals surface area contributed by atoms with Crippen LogP contribution in [0.15, 0.2) is 10.7 Å². The zero-order chi connectivity index (χ0) is 12.3. The smallest absolute Gasteiger partial charge is 0.303 e. The fourth-order valence-corrected chi connectivity index (χ4v) is 2.21. The highest BCUT2D eigenvalue weighted by molar-refractivity contribution is 5.66. The first-order valence-electron chi connectivity index (χ1n) is 6.03. The number of carboxylic acid groups (broad SMARTS) is 1. The van der Waals surface area contributed by atoms with Crippen molar-refractivity contribution in [3.8, 4) is 0 Å². The minimum absolute atomic E-state index is 0.104. The van der Waals surface area contributed by atoms with Crippen molar-refractivity contribution >= 4 is 5.97 Å². The SMILES string of the molecule is CN1CCCCC1c1nc(CCC(=O)O)co1. The summed E-state index contributed by atoms with van der Waals surface area (Å²) >= 11 is 0. The average molecular weight is 238 g/mol. The Morgan fingerprint density at radius 1 is 1.65 bits per heavy atom. The fourth-order valence-electron chi connectivity index (χ4n) is 2.21. The molecule has 0 saturated carbocycles. The lowest BCUT2D eigenvalue weighted by Crippen LogP contribution is -2.29. The Hall–Kier alpha value is -1.36. The Labute approximate surface area is 100 Å². The van der Waals surface area contributed by atoms with E-state index in [9.17, 15) is 4.79 Å². The predicted octanol–water partition coefficient (Wildman–Crippen LogP) is 1.85. The number of aryl methyl sites for hydroxylation is 1. The van der Waals surface area contributed by atoms with Crippen molar-refractivity contribution in [3.05, 3.63) is 17.8 Å². The van der Waals surface area contributed by atoms with Crippen LogP contribution in [0.2, 0.25) is 0 Å². The quantitative estimate of drug-likeness (QED) is 0.867. The van der Waals surface area contributed by atoms with Crippen molar-refractivity contribution in [2.45, 2.75) is 38.1 Å². The lowest BCUT2D eigenvalue weighted by molar-refractivity contribution is -0.136. The third-order valence-corrected chi connectivity index (χ3v) is 3.22. The summed E-state index contributed by atoms with van der Waals surface area (Å²) in [4.78, 5) is 17.1. The fraction of sp³-hybridized carbons (Fsp3) is 0.667. The van der Waals surface area contributed by atoms with Gasteiger partial charge in [0.05, 0.1) is 18.2 Å². The zero-order valence-corrected chi connectivity index (χ0v) is 10.1. The van der Waals surface area contributed by atoms with Crippen molar-refractivity contribution in [3.63, 3.8) is 0 Å². The van der Waals surface area contributed by atoms with Crippen molar-refractivity contribution in [1.82, 2.24) is 9.88 Å². The molecule has 1 unspecified atom stereocenters. The molecule has 0 aromatic carbocycles. The molecule has 0 spiro atoms. The van der Waals surface area contributed by atoms with E-state index in [-0.39, 0.29) is 12.5 Å². The molecule has 1 fully saturated rings. The molecule has 1 aliphatic rings. The van der Waals surface area contributed by atoms with Crippen LogP contribution in [-0.4, -0.2) is 34.6 Å². The van der Waals surface area contributed by atoms with Crippen molar-refractivity contribution in [2.24, 2.45) is 0 Å². The highest BCUT2D eigenvalue weighted by atomic mass is 16.4. The van der Waals surface area contributed by atoms with E-state index in [0.29, 0.717) is 6.42 Å². The standard InChI is InChI=1S/C12H18N2O3/c1-14-7-3-2-4-10(14)12-13-9(8-17-12)5-6-11(15)16/h8,10H,2-7H2,1H3,(H,15,16). The predicted molar refractivity (Wildman–Crippen MR) is 61.7 cm³/mol. The summed E-state index contributed by atoms with van der Waals surface area (Å²) in [5, 5.41) is 8.61. The molecule has 0 bridgehead atoms. The molecule has 1 aliphatic heterocycles. The summed E-state index contributed by atoms with van der Waals surface area (Å²) in [5.41, 5.74) is 0.737. The number of aromatic nitrogens is 1. The molecule has 1 aromatic rings. The van der Waals surface area contributed by atoms with Crippen LogP contribution in [0.5, 0.6) is 0 Å². The third-order valence-electron chi connectivity index (χ3n) is 3.22. The van der Waals surface area contributed by atoms with Crippen LogP contribution in [0.4, 0.5) is 0 Å². The molecule has 94 valence electrons. The lowest BCUT2D eigenvalue weighted by Gasteiger charge is -2.29. The first-order chi connectivity index (χ1) is 8.16.